The van der Waals surface area contributed by atoms with Gasteiger partial charge >= 0.3 is 6.09 Å². The van der Waals surface area contributed by atoms with Crippen LogP contribution in [0, 0.1) is 5.92 Å². The van der Waals surface area contributed by atoms with Crippen molar-refractivity contribution in [1.82, 2.24) is 9.80 Å². The highest BCUT2D eigenvalue weighted by Gasteiger charge is 2.43. The third-order valence-electron chi connectivity index (χ3n) is 3.90. The fourth-order valence-electron chi connectivity index (χ4n) is 3.04. The Bertz CT molecular complexity index is 414. The molecule has 2 aliphatic rings. The second-order valence-corrected chi connectivity index (χ2v) is 6.59. The SMILES string of the molecule is C=CC(=O)N1CC2CCCN(C(=O)OC(C)(C)C)C2C1. The van der Waals surface area contributed by atoms with Crippen LogP contribution >= 0.6 is 0 Å². The molecule has 2 heterocycles. The van der Waals surface area contributed by atoms with E-state index in [1.165, 1.54) is 6.08 Å². The lowest BCUT2D eigenvalue weighted by molar-refractivity contribution is -0.125. The van der Waals surface area contributed by atoms with Crippen molar-refractivity contribution in [2.45, 2.75) is 45.3 Å². The first-order valence-electron chi connectivity index (χ1n) is 7.23. The maximum absolute atomic E-state index is 12.3. The van der Waals surface area contributed by atoms with Gasteiger partial charge < -0.3 is 14.5 Å². The van der Waals surface area contributed by atoms with Gasteiger partial charge in [0, 0.05) is 19.6 Å². The number of ether oxygens (including phenoxy) is 1. The van der Waals surface area contributed by atoms with Crippen molar-refractivity contribution in [3.63, 3.8) is 0 Å². The van der Waals surface area contributed by atoms with Gasteiger partial charge in [0.25, 0.3) is 0 Å². The van der Waals surface area contributed by atoms with E-state index in [1.807, 2.05) is 20.8 Å². The summed E-state index contributed by atoms with van der Waals surface area (Å²) in [7, 11) is 0. The van der Waals surface area contributed by atoms with Crippen LogP contribution in [-0.4, -0.2) is 53.1 Å². The van der Waals surface area contributed by atoms with E-state index in [0.717, 1.165) is 19.4 Å². The molecule has 0 N–H and O–H groups in total. The molecule has 20 heavy (non-hydrogen) atoms. The van der Waals surface area contributed by atoms with Crippen LogP contribution in [0.25, 0.3) is 0 Å². The molecule has 0 spiro atoms. The van der Waals surface area contributed by atoms with Crippen LogP contribution in [0.1, 0.15) is 33.6 Å². The van der Waals surface area contributed by atoms with Gasteiger partial charge in [-0.05, 0) is 45.6 Å². The second kappa shape index (κ2) is 5.46. The van der Waals surface area contributed by atoms with Crippen molar-refractivity contribution < 1.29 is 14.3 Å². The Morgan fingerprint density at radius 1 is 1.30 bits per heavy atom. The molecular formula is C15H24N2O3. The lowest BCUT2D eigenvalue weighted by atomic mass is 9.92. The molecule has 2 aliphatic heterocycles. The van der Waals surface area contributed by atoms with Crippen LogP contribution in [0.5, 0.6) is 0 Å². The van der Waals surface area contributed by atoms with Crippen LogP contribution in [0.15, 0.2) is 12.7 Å². The number of hydrogen-bond donors (Lipinski definition) is 0. The molecule has 0 saturated carbocycles. The average molecular weight is 280 g/mol. The summed E-state index contributed by atoms with van der Waals surface area (Å²) < 4.78 is 5.47. The Balaban J connectivity index is 2.06. The lowest BCUT2D eigenvalue weighted by Crippen LogP contribution is -2.50. The molecule has 2 unspecified atom stereocenters. The van der Waals surface area contributed by atoms with Crippen molar-refractivity contribution in [2.24, 2.45) is 5.92 Å². The first-order chi connectivity index (χ1) is 9.31. The monoisotopic (exact) mass is 280 g/mol. The lowest BCUT2D eigenvalue weighted by Gasteiger charge is -2.37. The summed E-state index contributed by atoms with van der Waals surface area (Å²) in [6.45, 7) is 11.2. The van der Waals surface area contributed by atoms with Gasteiger partial charge in [-0.25, -0.2) is 4.79 Å². The predicted octanol–water partition coefficient (Wildman–Crippen LogP) is 2.03. The Labute approximate surface area is 120 Å². The highest BCUT2D eigenvalue weighted by molar-refractivity contribution is 5.87. The van der Waals surface area contributed by atoms with Gasteiger partial charge in [0.05, 0.1) is 6.04 Å². The summed E-state index contributed by atoms with van der Waals surface area (Å²) in [4.78, 5) is 27.6. The van der Waals surface area contributed by atoms with E-state index in [1.54, 1.807) is 9.80 Å². The van der Waals surface area contributed by atoms with Gasteiger partial charge in [0.15, 0.2) is 0 Å². The zero-order valence-corrected chi connectivity index (χ0v) is 12.6. The van der Waals surface area contributed by atoms with Crippen molar-refractivity contribution in [1.29, 1.82) is 0 Å². The number of carbonyl (C=O) groups is 2. The van der Waals surface area contributed by atoms with Crippen LogP contribution in [0.2, 0.25) is 0 Å². The summed E-state index contributed by atoms with van der Waals surface area (Å²) in [5.74, 6) is 0.309. The van der Waals surface area contributed by atoms with E-state index >= 15 is 0 Å². The van der Waals surface area contributed by atoms with Gasteiger partial charge in [-0.15, -0.1) is 0 Å². The van der Waals surface area contributed by atoms with E-state index in [-0.39, 0.29) is 18.0 Å². The van der Waals surface area contributed by atoms with Gasteiger partial charge in [-0.2, -0.15) is 0 Å². The summed E-state index contributed by atoms with van der Waals surface area (Å²) in [5.41, 5.74) is -0.487. The molecular weight excluding hydrogens is 256 g/mol. The molecule has 0 aromatic rings. The highest BCUT2D eigenvalue weighted by Crippen LogP contribution is 2.31. The van der Waals surface area contributed by atoms with E-state index in [9.17, 15) is 9.59 Å². The number of rotatable bonds is 1. The largest absolute Gasteiger partial charge is 0.444 e. The molecule has 0 aromatic heterocycles. The zero-order valence-electron chi connectivity index (χ0n) is 12.6. The molecule has 2 rings (SSSR count). The van der Waals surface area contributed by atoms with Crippen LogP contribution < -0.4 is 0 Å². The first-order valence-corrected chi connectivity index (χ1v) is 7.23. The first kappa shape index (κ1) is 14.9. The maximum Gasteiger partial charge on any atom is 0.410 e. The molecule has 112 valence electrons. The fraction of sp³-hybridized carbons (Fsp3) is 0.733. The highest BCUT2D eigenvalue weighted by atomic mass is 16.6. The number of carbonyl (C=O) groups excluding carboxylic acids is 2. The number of fused-ring (bicyclic) bond motifs is 1. The van der Waals surface area contributed by atoms with E-state index in [2.05, 4.69) is 6.58 Å². The number of amides is 2. The van der Waals surface area contributed by atoms with Crippen LogP contribution in [0.3, 0.4) is 0 Å². The number of nitrogens with zero attached hydrogens (tertiary/aromatic N) is 2. The molecule has 0 bridgehead atoms. The number of hydrogen-bond acceptors (Lipinski definition) is 3. The summed E-state index contributed by atoms with van der Waals surface area (Å²) in [6, 6.07) is 0.0856. The minimum atomic E-state index is -0.487. The van der Waals surface area contributed by atoms with Crippen LogP contribution in [0.4, 0.5) is 4.79 Å². The second-order valence-electron chi connectivity index (χ2n) is 6.59. The average Bonchev–Trinajstić information content (AvgIpc) is 2.79. The Morgan fingerprint density at radius 3 is 2.60 bits per heavy atom. The summed E-state index contributed by atoms with van der Waals surface area (Å²) in [5, 5.41) is 0. The van der Waals surface area contributed by atoms with Gasteiger partial charge in [0.1, 0.15) is 5.60 Å². The van der Waals surface area contributed by atoms with Crippen molar-refractivity contribution >= 4 is 12.0 Å². The zero-order chi connectivity index (χ0) is 14.9. The third-order valence-corrected chi connectivity index (χ3v) is 3.90. The minimum absolute atomic E-state index is 0.0523. The third kappa shape index (κ3) is 3.14. The smallest absolute Gasteiger partial charge is 0.410 e. The molecule has 2 fully saturated rings. The molecule has 5 heteroatoms. The van der Waals surface area contributed by atoms with Gasteiger partial charge in [-0.1, -0.05) is 6.58 Å². The van der Waals surface area contributed by atoms with Gasteiger partial charge in [-0.3, -0.25) is 4.79 Å². The van der Waals surface area contributed by atoms with Crippen molar-refractivity contribution in [3.05, 3.63) is 12.7 Å². The Morgan fingerprint density at radius 2 is 2.00 bits per heavy atom. The van der Waals surface area contributed by atoms with Crippen molar-refractivity contribution in [3.8, 4) is 0 Å². The maximum atomic E-state index is 12.3. The molecule has 0 aromatic carbocycles. The number of likely N-dealkylation sites (tertiary alicyclic amines) is 2. The Hall–Kier alpha value is -1.52. The van der Waals surface area contributed by atoms with E-state index in [4.69, 9.17) is 4.74 Å². The summed E-state index contributed by atoms with van der Waals surface area (Å²) >= 11 is 0. The van der Waals surface area contributed by atoms with Gasteiger partial charge in [0.2, 0.25) is 5.91 Å². The molecule has 0 aliphatic carbocycles. The molecule has 5 nitrogen and oxygen atoms in total. The van der Waals surface area contributed by atoms with E-state index in [0.29, 0.717) is 19.0 Å². The van der Waals surface area contributed by atoms with Crippen LogP contribution in [-0.2, 0) is 9.53 Å². The van der Waals surface area contributed by atoms with E-state index < -0.39 is 5.60 Å². The summed E-state index contributed by atoms with van der Waals surface area (Å²) in [6.07, 6.45) is 3.11. The molecule has 0 radical (unpaired) electrons. The Kier molecular flexibility index (Phi) is 4.06. The quantitative estimate of drug-likeness (QED) is 0.691. The number of piperidine rings is 1. The molecule has 2 amide bonds. The normalized spacial score (nSPS) is 26.1. The molecule has 2 atom stereocenters. The standard InChI is InChI=1S/C15H24N2O3/c1-5-13(18)16-9-11-7-6-8-17(12(11)10-16)14(19)20-15(2,3)4/h5,11-12H,1,6-10H2,2-4H3. The van der Waals surface area contributed by atoms with Crippen molar-refractivity contribution in [2.75, 3.05) is 19.6 Å². The molecule has 2 saturated heterocycles. The fourth-order valence-corrected chi connectivity index (χ4v) is 3.04. The topological polar surface area (TPSA) is 49.9 Å². The minimum Gasteiger partial charge on any atom is -0.444 e. The predicted molar refractivity (Wildman–Crippen MR) is 76.2 cm³/mol.